The monoisotopic (exact) mass is 140 g/mol. The zero-order valence-electron chi connectivity index (χ0n) is 4.79. The van der Waals surface area contributed by atoms with Crippen molar-refractivity contribution >= 4 is 11.8 Å². The van der Waals surface area contributed by atoms with Crippen LogP contribution in [0, 0.1) is 6.33 Å². The van der Waals surface area contributed by atoms with Gasteiger partial charge in [-0.05, 0) is 0 Å². The van der Waals surface area contributed by atoms with Gasteiger partial charge in [0.05, 0.1) is 0 Å². The maximum Gasteiger partial charge on any atom is 0.209 e. The lowest BCUT2D eigenvalue weighted by Crippen LogP contribution is -1.74. The first-order chi connectivity index (χ1) is 4.43. The van der Waals surface area contributed by atoms with Crippen LogP contribution in [-0.2, 0) is 0 Å². The lowest BCUT2D eigenvalue weighted by atomic mass is 10.8. The van der Waals surface area contributed by atoms with E-state index in [1.54, 1.807) is 6.08 Å². The van der Waals surface area contributed by atoms with Crippen LogP contribution in [0.25, 0.3) is 0 Å². The molecule has 0 bridgehead atoms. The van der Waals surface area contributed by atoms with Gasteiger partial charge in [0.2, 0.25) is 5.16 Å². The second-order valence-electron chi connectivity index (χ2n) is 1.33. The number of H-pyrrole nitrogens is 1. The number of nitrogens with one attached hydrogen (secondary N) is 1. The van der Waals surface area contributed by atoms with Crippen molar-refractivity contribution in [1.82, 2.24) is 15.2 Å². The van der Waals surface area contributed by atoms with Crippen molar-refractivity contribution in [2.24, 2.45) is 0 Å². The molecule has 1 N–H and O–H groups in total. The van der Waals surface area contributed by atoms with E-state index in [2.05, 4.69) is 28.1 Å². The maximum absolute atomic E-state index is 3.78. The van der Waals surface area contributed by atoms with E-state index in [-0.39, 0.29) is 0 Å². The second-order valence-corrected chi connectivity index (χ2v) is 2.32. The number of aromatic nitrogens is 3. The van der Waals surface area contributed by atoms with Crippen LogP contribution in [0.4, 0.5) is 0 Å². The third-order valence-corrected chi connectivity index (χ3v) is 1.53. The molecule has 0 spiro atoms. The number of nitrogens with zero attached hydrogens (tertiary/aromatic N) is 2. The van der Waals surface area contributed by atoms with Gasteiger partial charge in [0.15, 0.2) is 6.33 Å². The number of thioether (sulfide) groups is 1. The van der Waals surface area contributed by atoms with Gasteiger partial charge in [0.25, 0.3) is 0 Å². The number of rotatable bonds is 3. The summed E-state index contributed by atoms with van der Waals surface area (Å²) >= 11 is 1.52. The van der Waals surface area contributed by atoms with Crippen LogP contribution in [0.5, 0.6) is 0 Å². The van der Waals surface area contributed by atoms with Gasteiger partial charge >= 0.3 is 0 Å². The molecule has 0 aliphatic rings. The van der Waals surface area contributed by atoms with Crippen LogP contribution in [-0.4, -0.2) is 20.9 Å². The summed E-state index contributed by atoms with van der Waals surface area (Å²) in [7, 11) is 0. The lowest BCUT2D eigenvalue weighted by Gasteiger charge is -1.84. The van der Waals surface area contributed by atoms with Crippen LogP contribution >= 0.6 is 11.8 Å². The summed E-state index contributed by atoms with van der Waals surface area (Å²) < 4.78 is 0. The summed E-state index contributed by atoms with van der Waals surface area (Å²) in [6.07, 6.45) is 4.30. The van der Waals surface area contributed by atoms with Crippen molar-refractivity contribution in [2.45, 2.75) is 5.16 Å². The number of hydrogen-bond donors (Lipinski definition) is 1. The Labute approximate surface area is 57.6 Å². The molecule has 0 aliphatic carbocycles. The molecular formula is C5H6N3S. The Morgan fingerprint density at radius 3 is 3.33 bits per heavy atom. The summed E-state index contributed by atoms with van der Waals surface area (Å²) in [6, 6.07) is 0. The Kier molecular flexibility index (Phi) is 2.32. The highest BCUT2D eigenvalue weighted by Crippen LogP contribution is 2.08. The summed E-state index contributed by atoms with van der Waals surface area (Å²) in [5.41, 5.74) is 0. The van der Waals surface area contributed by atoms with Crippen molar-refractivity contribution < 1.29 is 0 Å². The second kappa shape index (κ2) is 3.29. The summed E-state index contributed by atoms with van der Waals surface area (Å²) in [5.74, 6) is 0.839. The topological polar surface area (TPSA) is 41.6 Å². The van der Waals surface area contributed by atoms with Crippen molar-refractivity contribution in [1.29, 1.82) is 0 Å². The van der Waals surface area contributed by atoms with Gasteiger partial charge in [-0.2, -0.15) is 4.98 Å². The third-order valence-electron chi connectivity index (χ3n) is 0.683. The summed E-state index contributed by atoms with van der Waals surface area (Å²) in [5, 5.41) is 6.99. The Bertz CT molecular complexity index is 170. The minimum Gasteiger partial charge on any atom is -0.255 e. The standard InChI is InChI=1S/C5H6N3S/c1-2-3-9-5-6-4-7-8-5/h2H,1,3H2,(H,6,7,8). The average Bonchev–Trinajstić information content (AvgIpc) is 2.34. The lowest BCUT2D eigenvalue weighted by molar-refractivity contribution is 0.974. The fourth-order valence-electron chi connectivity index (χ4n) is 0.369. The zero-order valence-corrected chi connectivity index (χ0v) is 5.61. The molecule has 1 aromatic rings. The normalized spacial score (nSPS) is 9.33. The molecule has 47 valence electrons. The van der Waals surface area contributed by atoms with Gasteiger partial charge in [0.1, 0.15) is 0 Å². The molecule has 3 nitrogen and oxygen atoms in total. The van der Waals surface area contributed by atoms with Crippen molar-refractivity contribution in [3.63, 3.8) is 0 Å². The maximum atomic E-state index is 3.78. The smallest absolute Gasteiger partial charge is 0.209 e. The molecule has 1 heterocycles. The highest BCUT2D eigenvalue weighted by molar-refractivity contribution is 7.99. The van der Waals surface area contributed by atoms with E-state index < -0.39 is 0 Å². The Morgan fingerprint density at radius 1 is 1.89 bits per heavy atom. The van der Waals surface area contributed by atoms with Crippen LogP contribution < -0.4 is 0 Å². The molecule has 4 heteroatoms. The highest BCUT2D eigenvalue weighted by atomic mass is 32.2. The van der Waals surface area contributed by atoms with Crippen molar-refractivity contribution in [2.75, 3.05) is 5.75 Å². The minimum atomic E-state index is 0.718. The van der Waals surface area contributed by atoms with Gasteiger partial charge in [-0.15, -0.1) is 11.7 Å². The summed E-state index contributed by atoms with van der Waals surface area (Å²) in [6.45, 7) is 3.56. The Hall–Kier alpha value is -0.770. The molecule has 1 radical (unpaired) electrons. The minimum absolute atomic E-state index is 0.718. The molecular weight excluding hydrogens is 134 g/mol. The van der Waals surface area contributed by atoms with E-state index in [1.807, 2.05) is 0 Å². The molecule has 9 heavy (non-hydrogen) atoms. The van der Waals surface area contributed by atoms with E-state index in [9.17, 15) is 0 Å². The molecule has 0 aliphatic heterocycles. The first-order valence-corrected chi connectivity index (χ1v) is 3.44. The molecule has 0 amide bonds. The number of aromatic amines is 1. The van der Waals surface area contributed by atoms with Crippen LogP contribution in [0.1, 0.15) is 0 Å². The molecule has 1 rings (SSSR count). The predicted octanol–water partition coefficient (Wildman–Crippen LogP) is 0.883. The third kappa shape index (κ3) is 1.89. The largest absolute Gasteiger partial charge is 0.255 e. The molecule has 0 atom stereocenters. The molecule has 1 aromatic heterocycles. The van der Waals surface area contributed by atoms with Crippen LogP contribution in [0.2, 0.25) is 0 Å². The van der Waals surface area contributed by atoms with Crippen molar-refractivity contribution in [3.05, 3.63) is 19.0 Å². The number of hydrogen-bond acceptors (Lipinski definition) is 3. The van der Waals surface area contributed by atoms with Gasteiger partial charge in [-0.3, -0.25) is 5.10 Å². The quantitative estimate of drug-likeness (QED) is 0.500. The van der Waals surface area contributed by atoms with Crippen LogP contribution in [0.15, 0.2) is 17.8 Å². The van der Waals surface area contributed by atoms with Crippen molar-refractivity contribution in [3.8, 4) is 0 Å². The fourth-order valence-corrected chi connectivity index (χ4v) is 0.856. The van der Waals surface area contributed by atoms with E-state index in [0.29, 0.717) is 0 Å². The van der Waals surface area contributed by atoms with E-state index in [0.717, 1.165) is 10.9 Å². The zero-order chi connectivity index (χ0) is 6.53. The predicted molar refractivity (Wildman–Crippen MR) is 36.1 cm³/mol. The van der Waals surface area contributed by atoms with E-state index >= 15 is 0 Å². The highest BCUT2D eigenvalue weighted by Gasteiger charge is 1.92. The molecule has 0 unspecified atom stereocenters. The molecule has 0 saturated heterocycles. The fraction of sp³-hybridized carbons (Fsp3) is 0.200. The average molecular weight is 140 g/mol. The Morgan fingerprint density at radius 2 is 2.78 bits per heavy atom. The van der Waals surface area contributed by atoms with Gasteiger partial charge in [-0.25, -0.2) is 0 Å². The van der Waals surface area contributed by atoms with E-state index in [4.69, 9.17) is 0 Å². The molecule has 0 fully saturated rings. The van der Waals surface area contributed by atoms with Gasteiger partial charge < -0.3 is 0 Å². The first-order valence-electron chi connectivity index (χ1n) is 2.45. The van der Waals surface area contributed by atoms with Gasteiger partial charge in [-0.1, -0.05) is 17.8 Å². The molecule has 0 aromatic carbocycles. The summed E-state index contributed by atoms with van der Waals surface area (Å²) in [4.78, 5) is 3.78. The van der Waals surface area contributed by atoms with Gasteiger partial charge in [0, 0.05) is 5.75 Å². The van der Waals surface area contributed by atoms with E-state index in [1.165, 1.54) is 11.8 Å². The molecule has 0 saturated carbocycles. The van der Waals surface area contributed by atoms with Crippen LogP contribution in [0.3, 0.4) is 0 Å². The SMILES string of the molecule is C=CCSc1n[c][nH]n1. The Balaban J connectivity index is 2.38. The first kappa shape index (κ1) is 6.35.